The molecule has 6 heteroatoms. The van der Waals surface area contributed by atoms with Crippen LogP contribution in [0.25, 0.3) is 0 Å². The molecule has 1 amide bonds. The maximum atomic E-state index is 12.0. The lowest BCUT2D eigenvalue weighted by Crippen LogP contribution is -2.26. The number of pyridine rings is 1. The molecule has 0 fully saturated rings. The Bertz CT molecular complexity index is 647. The number of hydrogen-bond donors (Lipinski definition) is 2. The molecule has 5 nitrogen and oxygen atoms in total. The number of nitrogen functional groups attached to an aromatic ring is 1. The maximum Gasteiger partial charge on any atom is 0.253 e. The van der Waals surface area contributed by atoms with E-state index in [1.54, 1.807) is 7.11 Å². The Hall–Kier alpha value is -2.27. The van der Waals surface area contributed by atoms with E-state index in [0.29, 0.717) is 24.2 Å². The third kappa shape index (κ3) is 4.10. The molecule has 2 aromatic rings. The van der Waals surface area contributed by atoms with Crippen molar-refractivity contribution in [2.45, 2.75) is 6.42 Å². The molecule has 1 aromatic heterocycles. The lowest BCUT2D eigenvalue weighted by atomic mass is 10.1. The average molecular weight is 306 g/mol. The van der Waals surface area contributed by atoms with Crippen LogP contribution in [0.15, 0.2) is 36.5 Å². The minimum absolute atomic E-state index is 0.238. The van der Waals surface area contributed by atoms with E-state index in [4.69, 9.17) is 22.1 Å². The van der Waals surface area contributed by atoms with E-state index in [1.807, 2.05) is 24.3 Å². The molecule has 0 aliphatic heterocycles. The van der Waals surface area contributed by atoms with Crippen molar-refractivity contribution in [2.24, 2.45) is 0 Å². The Morgan fingerprint density at radius 3 is 3.00 bits per heavy atom. The van der Waals surface area contributed by atoms with Gasteiger partial charge in [0.25, 0.3) is 5.91 Å². The van der Waals surface area contributed by atoms with E-state index in [0.717, 1.165) is 11.3 Å². The van der Waals surface area contributed by atoms with Gasteiger partial charge in [-0.05, 0) is 30.2 Å². The number of carbonyl (C=O) groups excluding carboxylic acids is 1. The minimum Gasteiger partial charge on any atom is -0.497 e. The minimum atomic E-state index is -0.264. The monoisotopic (exact) mass is 305 g/mol. The highest BCUT2D eigenvalue weighted by molar-refractivity contribution is 6.29. The SMILES string of the molecule is COc1cccc(CCNC(=O)c2cc(Cl)ncc2N)c1. The van der Waals surface area contributed by atoms with Crippen LogP contribution in [0, 0.1) is 0 Å². The van der Waals surface area contributed by atoms with Crippen molar-refractivity contribution < 1.29 is 9.53 Å². The van der Waals surface area contributed by atoms with Gasteiger partial charge in [0.1, 0.15) is 10.9 Å². The second-order valence-electron chi connectivity index (χ2n) is 4.45. The predicted octanol–water partition coefficient (Wildman–Crippen LogP) is 2.30. The quantitative estimate of drug-likeness (QED) is 0.831. The number of ether oxygens (including phenoxy) is 1. The molecule has 1 heterocycles. The lowest BCUT2D eigenvalue weighted by molar-refractivity contribution is 0.0955. The molecule has 0 atom stereocenters. The summed E-state index contributed by atoms with van der Waals surface area (Å²) in [6.07, 6.45) is 2.07. The topological polar surface area (TPSA) is 77.2 Å². The van der Waals surface area contributed by atoms with E-state index in [2.05, 4.69) is 10.3 Å². The maximum absolute atomic E-state index is 12.0. The summed E-state index contributed by atoms with van der Waals surface area (Å²) < 4.78 is 5.16. The number of hydrogen-bond acceptors (Lipinski definition) is 4. The number of nitrogens with zero attached hydrogens (tertiary/aromatic N) is 1. The Morgan fingerprint density at radius 2 is 2.24 bits per heavy atom. The van der Waals surface area contributed by atoms with Crippen LogP contribution in [0.2, 0.25) is 5.15 Å². The Balaban J connectivity index is 1.93. The zero-order chi connectivity index (χ0) is 15.2. The van der Waals surface area contributed by atoms with Crippen molar-refractivity contribution in [2.75, 3.05) is 19.4 Å². The molecule has 2 rings (SSSR count). The second kappa shape index (κ2) is 6.95. The van der Waals surface area contributed by atoms with Gasteiger partial charge < -0.3 is 15.8 Å². The molecule has 0 radical (unpaired) electrons. The van der Waals surface area contributed by atoms with Gasteiger partial charge in [-0.25, -0.2) is 4.98 Å². The molecule has 0 saturated carbocycles. The van der Waals surface area contributed by atoms with Gasteiger partial charge >= 0.3 is 0 Å². The molecule has 0 aliphatic rings. The summed E-state index contributed by atoms with van der Waals surface area (Å²) in [7, 11) is 1.62. The van der Waals surface area contributed by atoms with Crippen molar-refractivity contribution in [3.8, 4) is 5.75 Å². The van der Waals surface area contributed by atoms with Crippen LogP contribution >= 0.6 is 11.6 Å². The number of methoxy groups -OCH3 is 1. The summed E-state index contributed by atoms with van der Waals surface area (Å²) >= 11 is 5.76. The Morgan fingerprint density at radius 1 is 1.43 bits per heavy atom. The summed E-state index contributed by atoms with van der Waals surface area (Å²) in [5, 5.41) is 3.04. The normalized spacial score (nSPS) is 10.2. The Kier molecular flexibility index (Phi) is 5.00. The molecule has 0 spiro atoms. The number of nitrogens with two attached hydrogens (primary N) is 1. The van der Waals surface area contributed by atoms with Crippen LogP contribution in [0.4, 0.5) is 5.69 Å². The van der Waals surface area contributed by atoms with Gasteiger partial charge in [-0.2, -0.15) is 0 Å². The second-order valence-corrected chi connectivity index (χ2v) is 4.84. The standard InChI is InChI=1S/C15H16ClN3O2/c1-21-11-4-2-3-10(7-11)5-6-18-15(20)12-8-14(16)19-9-13(12)17/h2-4,7-9H,5-6,17H2,1H3,(H,18,20). The summed E-state index contributed by atoms with van der Waals surface area (Å²) in [5.41, 5.74) is 7.43. The first-order chi connectivity index (χ1) is 10.1. The smallest absolute Gasteiger partial charge is 0.253 e. The van der Waals surface area contributed by atoms with Crippen molar-refractivity contribution in [1.82, 2.24) is 10.3 Å². The van der Waals surface area contributed by atoms with E-state index in [9.17, 15) is 4.79 Å². The van der Waals surface area contributed by atoms with E-state index in [-0.39, 0.29) is 11.1 Å². The van der Waals surface area contributed by atoms with Gasteiger partial charge in [0, 0.05) is 6.54 Å². The lowest BCUT2D eigenvalue weighted by Gasteiger charge is -2.08. The number of anilines is 1. The summed E-state index contributed by atoms with van der Waals surface area (Å²) in [5.74, 6) is 0.531. The van der Waals surface area contributed by atoms with Crippen LogP contribution in [-0.4, -0.2) is 24.5 Å². The van der Waals surface area contributed by atoms with E-state index < -0.39 is 0 Å². The average Bonchev–Trinajstić information content (AvgIpc) is 2.49. The van der Waals surface area contributed by atoms with Gasteiger partial charge in [0.05, 0.1) is 24.6 Å². The van der Waals surface area contributed by atoms with Crippen molar-refractivity contribution in [3.63, 3.8) is 0 Å². The molecular weight excluding hydrogens is 290 g/mol. The highest BCUT2D eigenvalue weighted by Crippen LogP contribution is 2.15. The van der Waals surface area contributed by atoms with Crippen LogP contribution in [0.5, 0.6) is 5.75 Å². The summed E-state index contributed by atoms with van der Waals surface area (Å²) in [6, 6.07) is 9.16. The van der Waals surface area contributed by atoms with Crippen LogP contribution < -0.4 is 15.8 Å². The molecule has 1 aromatic carbocycles. The first-order valence-corrected chi connectivity index (χ1v) is 6.80. The highest BCUT2D eigenvalue weighted by atomic mass is 35.5. The predicted molar refractivity (Wildman–Crippen MR) is 82.7 cm³/mol. The fourth-order valence-corrected chi connectivity index (χ4v) is 2.04. The molecular formula is C15H16ClN3O2. The molecule has 0 unspecified atom stereocenters. The largest absolute Gasteiger partial charge is 0.497 e. The van der Waals surface area contributed by atoms with Gasteiger partial charge in [-0.3, -0.25) is 4.79 Å². The van der Waals surface area contributed by atoms with E-state index >= 15 is 0 Å². The fourth-order valence-electron chi connectivity index (χ4n) is 1.88. The number of nitrogens with one attached hydrogen (secondary N) is 1. The number of aromatic nitrogens is 1. The number of carbonyl (C=O) groups is 1. The Labute approximate surface area is 128 Å². The summed E-state index contributed by atoms with van der Waals surface area (Å²) in [4.78, 5) is 15.8. The number of halogens is 1. The zero-order valence-corrected chi connectivity index (χ0v) is 12.4. The molecule has 110 valence electrons. The number of benzene rings is 1. The van der Waals surface area contributed by atoms with E-state index in [1.165, 1.54) is 12.3 Å². The first kappa shape index (κ1) is 15.1. The van der Waals surface area contributed by atoms with Crippen molar-refractivity contribution in [3.05, 3.63) is 52.8 Å². The highest BCUT2D eigenvalue weighted by Gasteiger charge is 2.10. The molecule has 3 N–H and O–H groups in total. The number of rotatable bonds is 5. The fraction of sp³-hybridized carbons (Fsp3) is 0.200. The van der Waals surface area contributed by atoms with Crippen LogP contribution in [-0.2, 0) is 6.42 Å². The third-order valence-electron chi connectivity index (χ3n) is 2.98. The summed E-state index contributed by atoms with van der Waals surface area (Å²) in [6.45, 7) is 0.491. The molecule has 21 heavy (non-hydrogen) atoms. The molecule has 0 bridgehead atoms. The van der Waals surface area contributed by atoms with Gasteiger partial charge in [0.15, 0.2) is 0 Å². The van der Waals surface area contributed by atoms with Crippen LogP contribution in [0.1, 0.15) is 15.9 Å². The number of amides is 1. The van der Waals surface area contributed by atoms with Gasteiger partial charge in [-0.15, -0.1) is 0 Å². The van der Waals surface area contributed by atoms with Crippen LogP contribution in [0.3, 0.4) is 0 Å². The third-order valence-corrected chi connectivity index (χ3v) is 3.19. The zero-order valence-electron chi connectivity index (χ0n) is 11.6. The molecule has 0 aliphatic carbocycles. The van der Waals surface area contributed by atoms with Gasteiger partial charge in [0.2, 0.25) is 0 Å². The van der Waals surface area contributed by atoms with Crippen molar-refractivity contribution >= 4 is 23.2 Å². The molecule has 0 saturated heterocycles. The van der Waals surface area contributed by atoms with Crippen molar-refractivity contribution in [1.29, 1.82) is 0 Å². The first-order valence-electron chi connectivity index (χ1n) is 6.42. The van der Waals surface area contributed by atoms with Gasteiger partial charge in [-0.1, -0.05) is 23.7 Å².